The van der Waals surface area contributed by atoms with E-state index < -0.39 is 22.8 Å². The molecule has 2 rings (SSSR count). The average molecular weight is 470 g/mol. The number of rotatable bonds is 7. The number of esters is 1. The minimum absolute atomic E-state index is 0.0404. The molecule has 1 amide bonds. The fourth-order valence-corrected chi connectivity index (χ4v) is 2.87. The van der Waals surface area contributed by atoms with E-state index in [1.54, 1.807) is 13.8 Å². The van der Waals surface area contributed by atoms with Gasteiger partial charge in [-0.3, -0.25) is 14.9 Å². The Morgan fingerprint density at radius 2 is 1.86 bits per heavy atom. The van der Waals surface area contributed by atoms with E-state index in [9.17, 15) is 19.7 Å². The highest BCUT2D eigenvalue weighted by Crippen LogP contribution is 2.23. The molecule has 0 saturated carbocycles. The molecular formula is C19H18BrClN2O5. The lowest BCUT2D eigenvalue weighted by atomic mass is 10.0. The number of carbonyl (C=O) groups is 2. The maximum absolute atomic E-state index is 12.5. The van der Waals surface area contributed by atoms with E-state index in [1.165, 1.54) is 12.1 Å². The van der Waals surface area contributed by atoms with Crippen LogP contribution in [-0.4, -0.2) is 22.8 Å². The predicted molar refractivity (Wildman–Crippen MR) is 108 cm³/mol. The van der Waals surface area contributed by atoms with Gasteiger partial charge in [0.2, 0.25) is 0 Å². The van der Waals surface area contributed by atoms with Crippen LogP contribution in [0.25, 0.3) is 0 Å². The summed E-state index contributed by atoms with van der Waals surface area (Å²) in [6.45, 7) is 3.61. The lowest BCUT2D eigenvalue weighted by Gasteiger charge is -2.21. The smallest absolute Gasteiger partial charge is 0.329 e. The number of nitro benzene ring substituents is 1. The summed E-state index contributed by atoms with van der Waals surface area (Å²) in [5, 5.41) is 13.3. The second-order valence-corrected chi connectivity index (χ2v) is 7.67. The second-order valence-electron chi connectivity index (χ2n) is 6.35. The van der Waals surface area contributed by atoms with Crippen molar-refractivity contribution in [2.24, 2.45) is 5.92 Å². The van der Waals surface area contributed by atoms with E-state index in [2.05, 4.69) is 21.2 Å². The number of halogens is 2. The SMILES string of the molecule is CC(C)C(NC(=O)c1ccc([N+](=O)[O-])cc1Cl)C(=O)OCc1ccc(Br)cc1. The van der Waals surface area contributed by atoms with Gasteiger partial charge in [0, 0.05) is 16.6 Å². The molecule has 0 aromatic heterocycles. The molecule has 1 unspecified atom stereocenters. The molecule has 0 heterocycles. The predicted octanol–water partition coefficient (Wildman–Crippen LogP) is 4.51. The van der Waals surface area contributed by atoms with Gasteiger partial charge in [-0.1, -0.05) is 53.5 Å². The third kappa shape index (κ3) is 5.77. The van der Waals surface area contributed by atoms with Crippen LogP contribution in [0.15, 0.2) is 46.9 Å². The Bertz CT molecular complexity index is 886. The highest BCUT2D eigenvalue weighted by molar-refractivity contribution is 9.10. The van der Waals surface area contributed by atoms with Gasteiger partial charge >= 0.3 is 5.97 Å². The fraction of sp³-hybridized carbons (Fsp3) is 0.263. The molecule has 148 valence electrons. The summed E-state index contributed by atoms with van der Waals surface area (Å²) in [7, 11) is 0. The summed E-state index contributed by atoms with van der Waals surface area (Å²) >= 11 is 9.31. The van der Waals surface area contributed by atoms with Crippen LogP contribution in [0.3, 0.4) is 0 Å². The maximum Gasteiger partial charge on any atom is 0.329 e. The van der Waals surface area contributed by atoms with Gasteiger partial charge in [0.15, 0.2) is 0 Å². The van der Waals surface area contributed by atoms with Gasteiger partial charge in [0.05, 0.1) is 15.5 Å². The van der Waals surface area contributed by atoms with Crippen LogP contribution in [0.2, 0.25) is 5.02 Å². The molecule has 1 atom stereocenters. The molecule has 2 aromatic carbocycles. The molecule has 0 radical (unpaired) electrons. The molecule has 0 aliphatic heterocycles. The number of ether oxygens (including phenoxy) is 1. The summed E-state index contributed by atoms with van der Waals surface area (Å²) < 4.78 is 6.23. The summed E-state index contributed by atoms with van der Waals surface area (Å²) in [5.41, 5.74) is 0.623. The highest BCUT2D eigenvalue weighted by atomic mass is 79.9. The molecule has 0 aliphatic carbocycles. The normalized spacial score (nSPS) is 11.8. The molecule has 2 aromatic rings. The Morgan fingerprint density at radius 3 is 2.39 bits per heavy atom. The summed E-state index contributed by atoms with van der Waals surface area (Å²) in [6, 6.07) is 9.93. The largest absolute Gasteiger partial charge is 0.459 e. The van der Waals surface area contributed by atoms with Crippen molar-refractivity contribution in [1.29, 1.82) is 0 Å². The molecular weight excluding hydrogens is 452 g/mol. The van der Waals surface area contributed by atoms with Crippen molar-refractivity contribution in [2.45, 2.75) is 26.5 Å². The van der Waals surface area contributed by atoms with Gasteiger partial charge in [-0.25, -0.2) is 4.79 Å². The van der Waals surface area contributed by atoms with Gasteiger partial charge in [0.1, 0.15) is 12.6 Å². The van der Waals surface area contributed by atoms with Crippen LogP contribution in [-0.2, 0) is 16.1 Å². The molecule has 0 saturated heterocycles. The Kier molecular flexibility index (Phi) is 7.53. The number of nitrogens with zero attached hydrogens (tertiary/aromatic N) is 1. The number of hydrogen-bond donors (Lipinski definition) is 1. The van der Waals surface area contributed by atoms with Crippen molar-refractivity contribution in [3.8, 4) is 0 Å². The third-order valence-electron chi connectivity index (χ3n) is 3.91. The van der Waals surface area contributed by atoms with Gasteiger partial charge in [0.25, 0.3) is 11.6 Å². The summed E-state index contributed by atoms with van der Waals surface area (Å²) in [6.07, 6.45) is 0. The lowest BCUT2D eigenvalue weighted by molar-refractivity contribution is -0.384. The molecule has 7 nitrogen and oxygen atoms in total. The molecule has 0 fully saturated rings. The minimum atomic E-state index is -0.894. The fourth-order valence-electron chi connectivity index (χ4n) is 2.34. The minimum Gasteiger partial charge on any atom is -0.459 e. The van der Waals surface area contributed by atoms with E-state index in [0.717, 1.165) is 16.1 Å². The first kappa shape index (κ1) is 21.8. The molecule has 28 heavy (non-hydrogen) atoms. The number of benzene rings is 2. The zero-order chi connectivity index (χ0) is 20.8. The van der Waals surface area contributed by atoms with Crippen molar-refractivity contribution in [3.05, 3.63) is 73.2 Å². The third-order valence-corrected chi connectivity index (χ3v) is 4.75. The topological polar surface area (TPSA) is 98.5 Å². The van der Waals surface area contributed by atoms with E-state index in [0.29, 0.717) is 0 Å². The number of nitro groups is 1. The summed E-state index contributed by atoms with van der Waals surface area (Å²) in [5.74, 6) is -1.43. The zero-order valence-electron chi connectivity index (χ0n) is 15.1. The van der Waals surface area contributed by atoms with Crippen molar-refractivity contribution in [2.75, 3.05) is 0 Å². The van der Waals surface area contributed by atoms with Crippen LogP contribution in [0, 0.1) is 16.0 Å². The van der Waals surface area contributed by atoms with Crippen molar-refractivity contribution >= 4 is 45.1 Å². The Balaban J connectivity index is 2.06. The van der Waals surface area contributed by atoms with Crippen LogP contribution in [0.5, 0.6) is 0 Å². The maximum atomic E-state index is 12.5. The van der Waals surface area contributed by atoms with Gasteiger partial charge in [-0.2, -0.15) is 0 Å². The summed E-state index contributed by atoms with van der Waals surface area (Å²) in [4.78, 5) is 35.1. The first-order valence-electron chi connectivity index (χ1n) is 8.35. The van der Waals surface area contributed by atoms with Gasteiger partial charge in [-0.05, 0) is 29.7 Å². The van der Waals surface area contributed by atoms with Crippen LogP contribution >= 0.6 is 27.5 Å². The van der Waals surface area contributed by atoms with Gasteiger partial charge in [-0.15, -0.1) is 0 Å². The zero-order valence-corrected chi connectivity index (χ0v) is 17.5. The molecule has 1 N–H and O–H groups in total. The number of hydrogen-bond acceptors (Lipinski definition) is 5. The number of nitrogens with one attached hydrogen (secondary N) is 1. The first-order valence-corrected chi connectivity index (χ1v) is 9.52. The average Bonchev–Trinajstić information content (AvgIpc) is 2.64. The van der Waals surface area contributed by atoms with Crippen molar-refractivity contribution < 1.29 is 19.2 Å². The number of carbonyl (C=O) groups excluding carboxylic acids is 2. The lowest BCUT2D eigenvalue weighted by Crippen LogP contribution is -2.45. The Morgan fingerprint density at radius 1 is 1.21 bits per heavy atom. The van der Waals surface area contributed by atoms with E-state index in [4.69, 9.17) is 16.3 Å². The molecule has 9 heteroatoms. The van der Waals surface area contributed by atoms with E-state index in [-0.39, 0.29) is 28.8 Å². The number of non-ortho nitro benzene ring substituents is 1. The standard InChI is InChI=1S/C19H18BrClN2O5/c1-11(2)17(19(25)28-10-12-3-5-13(20)6-4-12)22-18(24)15-8-7-14(23(26)27)9-16(15)21/h3-9,11,17H,10H2,1-2H3,(H,22,24). The quantitative estimate of drug-likeness (QED) is 0.365. The highest BCUT2D eigenvalue weighted by Gasteiger charge is 2.27. The molecule has 0 aliphatic rings. The monoisotopic (exact) mass is 468 g/mol. The first-order chi connectivity index (χ1) is 13.2. The van der Waals surface area contributed by atoms with Crippen LogP contribution < -0.4 is 5.32 Å². The second kappa shape index (κ2) is 9.66. The molecule has 0 bridgehead atoms. The van der Waals surface area contributed by atoms with Gasteiger partial charge < -0.3 is 10.1 Å². The van der Waals surface area contributed by atoms with Crippen LogP contribution in [0.4, 0.5) is 5.69 Å². The number of amides is 1. The van der Waals surface area contributed by atoms with E-state index >= 15 is 0 Å². The Labute approximate surface area is 175 Å². The van der Waals surface area contributed by atoms with Crippen LogP contribution in [0.1, 0.15) is 29.8 Å². The van der Waals surface area contributed by atoms with E-state index in [1.807, 2.05) is 24.3 Å². The Hall–Kier alpha value is -2.45. The molecule has 0 spiro atoms. The van der Waals surface area contributed by atoms with Crippen molar-refractivity contribution in [3.63, 3.8) is 0 Å². The van der Waals surface area contributed by atoms with Crippen molar-refractivity contribution in [1.82, 2.24) is 5.32 Å².